The fourth-order valence-corrected chi connectivity index (χ4v) is 6.74. The predicted octanol–water partition coefficient (Wildman–Crippen LogP) is 4.86. The number of hydrogen-bond donors (Lipinski definition) is 3. The van der Waals surface area contributed by atoms with Crippen molar-refractivity contribution in [3.8, 4) is 0 Å². The number of piperidine rings is 2. The van der Waals surface area contributed by atoms with E-state index in [1.807, 2.05) is 12.1 Å². The standard InChI is InChI=1S/C20H23FN2O.C13H17FN2O/c21-18-6-8-19(9-7-18)22-20-16-11-23(12-17(20)14-24-13-16)10-15-4-2-1-3-5-15;14-11-1-3-12(4-2-11)16-13-9-5-15-6-10(13)8-17-7-9/h1-9,16-17,20,22H,10-14H2;1-4,9-10,13,15-16H,5-8H2/t16-,17+,20?;9-,10+,13?. The Balaban J connectivity index is 0.000000156. The van der Waals surface area contributed by atoms with Gasteiger partial charge in [-0.05, 0) is 54.1 Å². The van der Waals surface area contributed by atoms with Crippen molar-refractivity contribution in [2.24, 2.45) is 23.7 Å². The molecule has 2 unspecified atom stereocenters. The van der Waals surface area contributed by atoms with Gasteiger partial charge in [-0.2, -0.15) is 0 Å². The Morgan fingerprint density at radius 1 is 0.634 bits per heavy atom. The number of anilines is 2. The van der Waals surface area contributed by atoms with Crippen LogP contribution in [0.4, 0.5) is 20.2 Å². The van der Waals surface area contributed by atoms with Gasteiger partial charge in [-0.15, -0.1) is 0 Å². The largest absolute Gasteiger partial charge is 0.381 e. The second kappa shape index (κ2) is 13.3. The Morgan fingerprint density at radius 2 is 1.10 bits per heavy atom. The third-order valence-corrected chi connectivity index (χ3v) is 8.76. The van der Waals surface area contributed by atoms with Crippen LogP contribution in [0.2, 0.25) is 0 Å². The first-order chi connectivity index (χ1) is 20.1. The van der Waals surface area contributed by atoms with Crippen molar-refractivity contribution in [1.29, 1.82) is 0 Å². The van der Waals surface area contributed by atoms with Gasteiger partial charge in [0.2, 0.25) is 0 Å². The summed E-state index contributed by atoms with van der Waals surface area (Å²) in [6, 6.07) is 24.7. The maximum Gasteiger partial charge on any atom is 0.123 e. The van der Waals surface area contributed by atoms with Gasteiger partial charge in [-0.1, -0.05) is 30.3 Å². The van der Waals surface area contributed by atoms with Gasteiger partial charge in [-0.3, -0.25) is 4.90 Å². The van der Waals surface area contributed by atoms with E-state index < -0.39 is 0 Å². The van der Waals surface area contributed by atoms with Crippen LogP contribution in [0.25, 0.3) is 0 Å². The molecule has 3 aromatic carbocycles. The van der Waals surface area contributed by atoms with Gasteiger partial charge >= 0.3 is 0 Å². The lowest BCUT2D eigenvalue weighted by molar-refractivity contribution is -0.0512. The smallest absolute Gasteiger partial charge is 0.123 e. The number of hydrogen-bond acceptors (Lipinski definition) is 6. The molecular weight excluding hydrogens is 522 g/mol. The fourth-order valence-electron chi connectivity index (χ4n) is 6.74. The van der Waals surface area contributed by atoms with E-state index in [0.29, 0.717) is 35.8 Å². The quantitative estimate of drug-likeness (QED) is 0.399. The first-order valence-electron chi connectivity index (χ1n) is 14.8. The number of nitrogens with zero attached hydrogens (tertiary/aromatic N) is 1. The van der Waals surface area contributed by atoms with E-state index in [-0.39, 0.29) is 11.6 Å². The molecule has 0 amide bonds. The van der Waals surface area contributed by atoms with Gasteiger partial charge in [0, 0.05) is 79.9 Å². The summed E-state index contributed by atoms with van der Waals surface area (Å²) in [5.74, 6) is 1.56. The molecule has 0 aliphatic carbocycles. The SMILES string of the molecule is Fc1ccc(NC2[C@@H]3CNC[C@H]2COC3)cc1.Fc1ccc(NC2[C@@H]3COC[C@H]2CN(Cc2ccccc2)C3)cc1. The average Bonchev–Trinajstić information content (AvgIpc) is 2.97. The topological polar surface area (TPSA) is 57.8 Å². The monoisotopic (exact) mass is 562 g/mol. The molecule has 0 spiro atoms. The second-order valence-corrected chi connectivity index (χ2v) is 11.8. The first-order valence-corrected chi connectivity index (χ1v) is 14.8. The van der Waals surface area contributed by atoms with Crippen molar-refractivity contribution >= 4 is 11.4 Å². The number of ether oxygens (including phenoxy) is 2. The van der Waals surface area contributed by atoms with E-state index in [9.17, 15) is 8.78 Å². The zero-order chi connectivity index (χ0) is 28.0. The van der Waals surface area contributed by atoms with Gasteiger partial charge in [0.1, 0.15) is 11.6 Å². The van der Waals surface area contributed by atoms with Crippen molar-refractivity contribution in [3.63, 3.8) is 0 Å². The molecule has 6 nitrogen and oxygen atoms in total. The molecule has 0 saturated carbocycles. The number of fused-ring (bicyclic) bond motifs is 4. The Kier molecular flexibility index (Phi) is 9.11. The maximum absolute atomic E-state index is 13.1. The van der Waals surface area contributed by atoms with Gasteiger partial charge in [0.05, 0.1) is 26.4 Å². The Labute approximate surface area is 241 Å². The van der Waals surface area contributed by atoms with Crippen LogP contribution in [0.3, 0.4) is 0 Å². The molecule has 0 aromatic heterocycles. The highest BCUT2D eigenvalue weighted by Crippen LogP contribution is 2.31. The highest BCUT2D eigenvalue weighted by atomic mass is 19.1. The summed E-state index contributed by atoms with van der Waals surface area (Å²) >= 11 is 0. The maximum atomic E-state index is 13.1. The molecule has 4 heterocycles. The third-order valence-electron chi connectivity index (χ3n) is 8.76. The summed E-state index contributed by atoms with van der Waals surface area (Å²) in [7, 11) is 0. The third kappa shape index (κ3) is 7.25. The molecule has 0 radical (unpaired) electrons. The molecule has 218 valence electrons. The van der Waals surface area contributed by atoms with Gasteiger partial charge in [-0.25, -0.2) is 8.78 Å². The fraction of sp³-hybridized carbons (Fsp3) is 0.455. The average molecular weight is 563 g/mol. The van der Waals surface area contributed by atoms with Crippen LogP contribution in [-0.4, -0.2) is 69.6 Å². The van der Waals surface area contributed by atoms with Crippen molar-refractivity contribution in [2.45, 2.75) is 18.6 Å². The summed E-state index contributed by atoms with van der Waals surface area (Å²) in [5.41, 5.74) is 3.35. The molecule has 7 rings (SSSR count). The zero-order valence-corrected chi connectivity index (χ0v) is 23.4. The molecule has 3 N–H and O–H groups in total. The van der Waals surface area contributed by atoms with E-state index in [4.69, 9.17) is 9.47 Å². The Morgan fingerprint density at radius 3 is 1.61 bits per heavy atom. The van der Waals surface area contributed by atoms with E-state index >= 15 is 0 Å². The highest BCUT2D eigenvalue weighted by molar-refractivity contribution is 5.45. The molecule has 4 aliphatic rings. The molecule has 41 heavy (non-hydrogen) atoms. The number of likely N-dealkylation sites (tertiary alicyclic amines) is 1. The lowest BCUT2D eigenvalue weighted by Crippen LogP contribution is -2.57. The molecule has 8 heteroatoms. The minimum Gasteiger partial charge on any atom is -0.381 e. The summed E-state index contributed by atoms with van der Waals surface area (Å²) in [5, 5.41) is 10.6. The van der Waals surface area contributed by atoms with Crippen molar-refractivity contribution in [2.75, 3.05) is 63.2 Å². The second-order valence-electron chi connectivity index (χ2n) is 11.8. The molecular formula is C33H40F2N4O2. The van der Waals surface area contributed by atoms with Crippen LogP contribution in [0, 0.1) is 35.3 Å². The van der Waals surface area contributed by atoms with E-state index in [0.717, 1.165) is 70.5 Å². The van der Waals surface area contributed by atoms with Gasteiger partial charge < -0.3 is 25.4 Å². The van der Waals surface area contributed by atoms with Gasteiger partial charge in [0.25, 0.3) is 0 Å². The summed E-state index contributed by atoms with van der Waals surface area (Å²) < 4.78 is 37.3. The molecule has 4 fully saturated rings. The normalized spacial score (nSPS) is 29.1. The number of benzene rings is 3. The number of halogens is 2. The highest BCUT2D eigenvalue weighted by Gasteiger charge is 2.40. The van der Waals surface area contributed by atoms with Crippen LogP contribution < -0.4 is 16.0 Å². The molecule has 4 bridgehead atoms. The van der Waals surface area contributed by atoms with Crippen LogP contribution in [0.1, 0.15) is 5.56 Å². The first kappa shape index (κ1) is 28.1. The minimum atomic E-state index is -0.193. The Hall–Kier alpha value is -3.04. The van der Waals surface area contributed by atoms with Crippen LogP contribution in [0.5, 0.6) is 0 Å². The van der Waals surface area contributed by atoms with Crippen molar-refractivity contribution in [1.82, 2.24) is 10.2 Å². The summed E-state index contributed by atoms with van der Waals surface area (Å²) in [6.07, 6.45) is 0. The molecule has 4 aliphatic heterocycles. The van der Waals surface area contributed by atoms with Crippen LogP contribution in [-0.2, 0) is 16.0 Å². The summed E-state index contributed by atoms with van der Waals surface area (Å²) in [4.78, 5) is 2.54. The van der Waals surface area contributed by atoms with Crippen molar-refractivity contribution < 1.29 is 18.3 Å². The molecule has 6 atom stereocenters. The molecule has 4 saturated heterocycles. The minimum absolute atomic E-state index is 0.190. The summed E-state index contributed by atoms with van der Waals surface area (Å²) in [6.45, 7) is 8.25. The predicted molar refractivity (Wildman–Crippen MR) is 158 cm³/mol. The van der Waals surface area contributed by atoms with E-state index in [1.165, 1.54) is 29.8 Å². The van der Waals surface area contributed by atoms with Gasteiger partial charge in [0.15, 0.2) is 0 Å². The lowest BCUT2D eigenvalue weighted by Gasteiger charge is -2.47. The number of nitrogens with one attached hydrogen (secondary N) is 3. The van der Waals surface area contributed by atoms with Crippen LogP contribution in [0.15, 0.2) is 78.9 Å². The lowest BCUT2D eigenvalue weighted by atomic mass is 9.82. The zero-order valence-electron chi connectivity index (χ0n) is 23.4. The Bertz CT molecular complexity index is 1190. The van der Waals surface area contributed by atoms with E-state index in [2.05, 4.69) is 51.2 Å². The molecule has 3 aromatic rings. The van der Waals surface area contributed by atoms with Crippen LogP contribution >= 0.6 is 0 Å². The van der Waals surface area contributed by atoms with E-state index in [1.54, 1.807) is 12.1 Å². The number of rotatable bonds is 6. The van der Waals surface area contributed by atoms with Crippen molar-refractivity contribution in [3.05, 3.63) is 96.1 Å².